The Labute approximate surface area is 903 Å². The summed E-state index contributed by atoms with van der Waals surface area (Å²) in [5, 5.41) is 32.1. The fraction of sp³-hybridized carbons (Fsp3) is 0.600. The average Bonchev–Trinajstić information content (AvgIpc) is 0.744. The highest BCUT2D eigenvalue weighted by Crippen LogP contribution is 2.53. The van der Waals surface area contributed by atoms with E-state index in [4.69, 9.17) is 51.1 Å². The van der Waals surface area contributed by atoms with Crippen molar-refractivity contribution in [3.05, 3.63) is 195 Å². The van der Waals surface area contributed by atoms with E-state index in [0.717, 1.165) is 111 Å². The highest BCUT2D eigenvalue weighted by Gasteiger charge is 2.46. The number of likely N-dealkylation sites (N-methyl/N-ethyl adjacent to an activating group) is 1. The smallest absolute Gasteiger partial charge is 0.311 e. The number of hydrogen-bond donors (Lipinski definition) is 5. The first kappa shape index (κ1) is 146. The standard InChI is InChI=1S/C35H64N2O6S3Si3.C26H27O3P.C22H42O2S3Si3.C10H22O.C8H13NO3.C5H9NO.4CH4/c1-11-13-25-47(5,6)42-49(9,10)43-48(7,8)26-23-29-19-17-28(18-20-29)21-22-30(34(41)37(3)4)27-31(46-35(44)45-12-2)33(40)36-24-15-14-16-32(38)39;1-16-12-18(3)23(19(4)13-16)25(27)30(29,22-10-8-7-9-11-22)26(28)24-20(5)14-17(2)15-21(24)6;1-9-11-17-28(3,4)23-30(7,8)24-29(5,6)18-16-20-12-14-21(15-13-20)19-27-22(25)26-10-2;1-5-10(4,11)8-6-7-9(2)3;1-2-7(10)9-6-4-3-5-8(11)12;1-4-5(7)6(2)3;;;;/h17-20,30-31H,11-16,21-27H2,1-10H3,(H,36,40)(H,38,39);7-15H,1-6H3;12-15H,9-11,16-19H2,1-8H3;9,11H,5-8H2,1-4H3;2H,1,3-6H2,(H,9,10)(H,11,12);4H,1H2,2-3H3;4*1H4. The molecule has 0 spiro atoms. The van der Waals surface area contributed by atoms with Crippen molar-refractivity contribution in [3.63, 3.8) is 0 Å². The van der Waals surface area contributed by atoms with Crippen LogP contribution in [0.15, 0.2) is 128 Å². The van der Waals surface area contributed by atoms with Gasteiger partial charge < -0.3 is 56.8 Å². The zero-order chi connectivity index (χ0) is 106. The number of carboxylic acids is 2. The van der Waals surface area contributed by atoms with Gasteiger partial charge in [-0.05, 0) is 296 Å². The number of aryl methyl sites for hydroxylation is 9. The molecule has 0 fully saturated rings. The van der Waals surface area contributed by atoms with Gasteiger partial charge in [0, 0.05) is 82.2 Å². The van der Waals surface area contributed by atoms with Crippen LogP contribution in [0.3, 0.4) is 0 Å². The second-order valence-electron chi connectivity index (χ2n) is 40.2. The second kappa shape index (κ2) is 74.6. The molecule has 143 heavy (non-hydrogen) atoms. The minimum Gasteiger partial charge on any atom is -0.481 e. The van der Waals surface area contributed by atoms with Crippen molar-refractivity contribution in [1.29, 1.82) is 0 Å². The van der Waals surface area contributed by atoms with Crippen LogP contribution in [0.25, 0.3) is 0 Å². The van der Waals surface area contributed by atoms with Crippen LogP contribution in [-0.2, 0) is 74.8 Å². The van der Waals surface area contributed by atoms with Gasteiger partial charge in [-0.15, -0.1) is 35.3 Å². The van der Waals surface area contributed by atoms with Crippen molar-refractivity contribution in [1.82, 2.24) is 20.4 Å². The van der Waals surface area contributed by atoms with Crippen LogP contribution < -0.4 is 15.9 Å². The third-order valence-corrected chi connectivity index (χ3v) is 53.4. The number of hydrogen-bond acceptors (Lipinski definition) is 20. The summed E-state index contributed by atoms with van der Waals surface area (Å²) in [5.41, 5.74) is 9.33. The first-order valence-corrected chi connectivity index (χ1v) is 73.9. The molecule has 0 bridgehead atoms. The van der Waals surface area contributed by atoms with E-state index >= 15 is 0 Å². The van der Waals surface area contributed by atoms with Gasteiger partial charge >= 0.3 is 29.1 Å². The van der Waals surface area contributed by atoms with Gasteiger partial charge in [-0.25, -0.2) is 0 Å². The molecule has 0 aliphatic rings. The number of thioether (sulfide) groups is 4. The lowest BCUT2D eigenvalue weighted by Crippen LogP contribution is -2.52. The highest BCUT2D eigenvalue weighted by atomic mass is 32.2. The maximum atomic E-state index is 14.5. The lowest BCUT2D eigenvalue weighted by atomic mass is 9.93. The molecule has 5 aromatic carbocycles. The van der Waals surface area contributed by atoms with Gasteiger partial charge in [0.05, 0.1) is 10.9 Å². The number of nitrogens with zero attached hydrogens (tertiary/aromatic N) is 2. The van der Waals surface area contributed by atoms with Crippen molar-refractivity contribution in [3.8, 4) is 0 Å². The number of thiocarbonyl (C=S) groups is 2. The largest absolute Gasteiger partial charge is 0.481 e. The zero-order valence-corrected chi connectivity index (χ0v) is 102. The van der Waals surface area contributed by atoms with E-state index < -0.39 is 91.4 Å². The summed E-state index contributed by atoms with van der Waals surface area (Å²) < 4.78 is 43.2. The molecular weight excluding hydrogens is 2030 g/mol. The number of carbonyl (C=O) groups is 8. The van der Waals surface area contributed by atoms with Crippen LogP contribution in [0.1, 0.15) is 264 Å². The van der Waals surface area contributed by atoms with Gasteiger partial charge in [0.25, 0.3) is 0 Å². The number of rotatable bonds is 54. The molecule has 3 unspecified atom stereocenters. The monoisotopic (exact) mass is 2220 g/mol. The number of carboxylic acid groups (broad SMARTS) is 2. The van der Waals surface area contributed by atoms with Gasteiger partial charge in [-0.2, -0.15) is 0 Å². The number of aliphatic hydroxyl groups is 1. The molecule has 20 nitrogen and oxygen atoms in total. The maximum absolute atomic E-state index is 14.5. The lowest BCUT2D eigenvalue weighted by Gasteiger charge is -2.39. The number of amides is 4. The molecule has 0 aliphatic heterocycles. The third-order valence-electron chi connectivity index (χ3n) is 22.7. The number of unbranched alkanes of at least 4 members (excludes halogenated alkanes) is 4. The Kier molecular flexibility index (Phi) is 76.2. The van der Waals surface area contributed by atoms with Crippen molar-refractivity contribution < 1.29 is 74.7 Å². The fourth-order valence-electron chi connectivity index (χ4n) is 15.7. The molecule has 0 aromatic heterocycles. The van der Waals surface area contributed by atoms with E-state index in [2.05, 4.69) is 186 Å². The van der Waals surface area contributed by atoms with Gasteiger partial charge in [-0.3, -0.25) is 38.4 Å². The molecule has 33 heteroatoms. The normalized spacial score (nSPS) is 12.2. The van der Waals surface area contributed by atoms with Crippen molar-refractivity contribution >= 4 is 188 Å². The number of nitrogens with one attached hydrogen (secondary N) is 2. The van der Waals surface area contributed by atoms with E-state index in [-0.39, 0.29) is 77.4 Å². The Morgan fingerprint density at radius 1 is 0.497 bits per heavy atom. The Morgan fingerprint density at radius 2 is 0.874 bits per heavy atom. The minimum absolute atomic E-state index is 0. The summed E-state index contributed by atoms with van der Waals surface area (Å²) in [7, 11) is -8.60. The van der Waals surface area contributed by atoms with Crippen molar-refractivity contribution in [2.24, 2.45) is 11.8 Å². The summed E-state index contributed by atoms with van der Waals surface area (Å²) in [6, 6.07) is 38.4. The van der Waals surface area contributed by atoms with Crippen LogP contribution in [0.5, 0.6) is 0 Å². The zero-order valence-electron chi connectivity index (χ0n) is 90.4. The molecule has 0 saturated carbocycles. The molecule has 5 aromatic rings. The molecule has 0 aliphatic carbocycles. The minimum atomic E-state index is -4.11. The van der Waals surface area contributed by atoms with Crippen LogP contribution in [-0.4, -0.2) is 193 Å². The van der Waals surface area contributed by atoms with E-state index in [9.17, 15) is 48.0 Å². The molecule has 0 saturated heterocycles. The lowest BCUT2D eigenvalue weighted by molar-refractivity contribution is -0.138. The van der Waals surface area contributed by atoms with Crippen molar-refractivity contribution in [2.75, 3.05) is 52.8 Å². The fourth-order valence-corrected chi connectivity index (χ4v) is 51.3. The number of benzene rings is 5. The Morgan fingerprint density at radius 3 is 1.22 bits per heavy atom. The summed E-state index contributed by atoms with van der Waals surface area (Å²) >= 11 is 17.3. The van der Waals surface area contributed by atoms with Crippen molar-refractivity contribution in [2.45, 2.75) is 368 Å². The quantitative estimate of drug-likeness (QED) is 0.00795. The maximum Gasteiger partial charge on any atom is 0.311 e. The average molecular weight is 2220 g/mol. The molecular formula is C110H193N4O16PS6Si6. The number of carbonyl (C=O) groups excluding carboxylic acids is 6. The SMILES string of the molecule is C.C.C.C.C=CC(=O)N(C)C.C=CC(=O)NCCCCC(=O)O.CCC(C)(O)CCCC(C)C.CCCC[Si](C)(C)O[Si](C)(C)O[Si](C)(C)CCc1ccc(CCC(CC(SC(=S)SCC)C(=O)NCCCCC(=O)O)C(=O)N(C)C)cc1.CCCC[Si](C)(C)O[Si](C)(C)O[Si](C)(C)CCc1ccc(CSC(=S)SCC)cc1.Cc1cc(C)c(C(=O)P(=O)(C(=O)c2c(C)cc(C)cc2C)c2ccccc2)c(C)c1. The predicted molar refractivity (Wildman–Crippen MR) is 646 cm³/mol. The molecule has 3 atom stereocenters. The molecule has 0 heterocycles. The molecule has 5 N–H and O–H groups in total. The predicted octanol–water partition coefficient (Wildman–Crippen LogP) is 29.7. The van der Waals surface area contributed by atoms with E-state index in [1.807, 2.05) is 86.6 Å². The van der Waals surface area contributed by atoms with Gasteiger partial charge in [-0.1, -0.05) is 280 Å². The topological polar surface area (TPSA) is 282 Å². The summed E-state index contributed by atoms with van der Waals surface area (Å²) in [6.07, 6.45) is 18.0. The first-order chi connectivity index (χ1) is 64.6. The van der Waals surface area contributed by atoms with Gasteiger partial charge in [0.1, 0.15) is 7.06 Å². The van der Waals surface area contributed by atoms with Gasteiger partial charge in [0.2, 0.25) is 41.8 Å². The Hall–Kier alpha value is -5.35. The number of aliphatic carboxylic acids is 2. The van der Waals surface area contributed by atoms with Crippen LogP contribution in [0.2, 0.25) is 103 Å². The van der Waals surface area contributed by atoms with E-state index in [1.54, 1.807) is 86.9 Å². The van der Waals surface area contributed by atoms with Gasteiger partial charge in [0.15, 0.2) is 33.3 Å². The van der Waals surface area contributed by atoms with Crippen LogP contribution in [0, 0.1) is 53.4 Å². The van der Waals surface area contributed by atoms with E-state index in [0.29, 0.717) is 66.3 Å². The second-order valence-corrected chi connectivity index (χ2v) is 74.8. The summed E-state index contributed by atoms with van der Waals surface area (Å²) in [5.74, 6) is 1.18. The van der Waals surface area contributed by atoms with E-state index in [1.165, 1.54) is 107 Å². The molecule has 5 rings (SSSR count). The summed E-state index contributed by atoms with van der Waals surface area (Å²) in [6.45, 7) is 63.3. The Bertz CT molecular complexity index is 4560. The Balaban J connectivity index is -0.000000586. The molecule has 814 valence electrons. The van der Waals surface area contributed by atoms with Crippen LogP contribution in [0.4, 0.5) is 0 Å². The summed E-state index contributed by atoms with van der Waals surface area (Å²) in [4.78, 5) is 99.1. The molecule has 4 amide bonds. The molecule has 0 radical (unpaired) electrons. The van der Waals surface area contributed by atoms with Crippen LogP contribution >= 0.6 is 78.6 Å². The first-order valence-electron chi connectivity index (χ1n) is 49.5. The highest BCUT2D eigenvalue weighted by molar-refractivity contribution is 8.47. The third kappa shape index (κ3) is 64.1.